The first-order chi connectivity index (χ1) is 20.3. The third-order valence-electron chi connectivity index (χ3n) is 7.35. The number of fused-ring (bicyclic) bond motifs is 4. The van der Waals surface area contributed by atoms with Crippen LogP contribution in [0.4, 0.5) is 0 Å². The Hall–Kier alpha value is -5.26. The lowest BCUT2D eigenvalue weighted by atomic mass is 10.00. The molecule has 0 amide bonds. The predicted octanol–water partition coefficient (Wildman–Crippen LogP) is 9.46. The van der Waals surface area contributed by atoms with Crippen molar-refractivity contribution in [3.05, 3.63) is 134 Å². The zero-order valence-corrected chi connectivity index (χ0v) is 22.7. The number of thiophene rings is 1. The van der Waals surface area contributed by atoms with Crippen molar-refractivity contribution in [3.8, 4) is 45.2 Å². The van der Waals surface area contributed by atoms with Crippen molar-refractivity contribution < 1.29 is 0 Å². The molecule has 0 saturated heterocycles. The van der Waals surface area contributed by atoms with Crippen molar-refractivity contribution in [2.45, 2.75) is 0 Å². The fourth-order valence-electron chi connectivity index (χ4n) is 5.41. The zero-order valence-electron chi connectivity index (χ0n) is 21.9. The maximum atomic E-state index is 5.12. The summed E-state index contributed by atoms with van der Waals surface area (Å²) in [4.78, 5) is 19.8. The molecule has 3 aromatic heterocycles. The molecule has 0 N–H and O–H groups in total. The Morgan fingerprint density at radius 2 is 1.17 bits per heavy atom. The maximum Gasteiger partial charge on any atom is 0.160 e. The summed E-state index contributed by atoms with van der Waals surface area (Å²) in [6, 6.07) is 43.5. The molecule has 0 atom stereocenters. The quantitative estimate of drug-likeness (QED) is 0.222. The molecule has 0 bridgehead atoms. The Balaban J connectivity index is 1.36. The summed E-state index contributed by atoms with van der Waals surface area (Å²) in [6.07, 6.45) is 1.88. The molecule has 0 aliphatic carbocycles. The summed E-state index contributed by atoms with van der Waals surface area (Å²) < 4.78 is 2.40. The van der Waals surface area contributed by atoms with Crippen molar-refractivity contribution in [3.63, 3.8) is 0 Å². The number of hydrogen-bond donors (Lipinski definition) is 0. The summed E-state index contributed by atoms with van der Waals surface area (Å²) >= 11 is 1.79. The standard InChI is InChI=1S/C36H22N4S/c1-3-11-23(12-4-1)30-21-31(40-36(39-30)24-13-5-2-6-14-24)25-15-10-20-33-34(25)27-17-9-16-26(35(27)41-33)32-22-37-28-18-7-8-19-29(28)38-32/h1-22H. The lowest BCUT2D eigenvalue weighted by Crippen LogP contribution is -1.96. The Bertz CT molecular complexity index is 2150. The van der Waals surface area contributed by atoms with E-state index >= 15 is 0 Å². The van der Waals surface area contributed by atoms with Crippen LogP contribution in [0.3, 0.4) is 0 Å². The molecule has 3 heterocycles. The molecule has 5 heteroatoms. The van der Waals surface area contributed by atoms with Gasteiger partial charge in [0.2, 0.25) is 0 Å². The van der Waals surface area contributed by atoms with Crippen molar-refractivity contribution in [2.75, 3.05) is 0 Å². The average Bonchev–Trinajstić information content (AvgIpc) is 3.44. The van der Waals surface area contributed by atoms with E-state index in [1.807, 2.05) is 66.9 Å². The van der Waals surface area contributed by atoms with Gasteiger partial charge in [-0.1, -0.05) is 103 Å². The Labute approximate surface area is 240 Å². The summed E-state index contributed by atoms with van der Waals surface area (Å²) in [5.41, 5.74) is 8.71. The molecule has 5 aromatic carbocycles. The molecule has 0 aliphatic heterocycles. The average molecular weight is 543 g/mol. The molecule has 0 saturated carbocycles. The number of aromatic nitrogens is 4. The van der Waals surface area contributed by atoms with Gasteiger partial charge in [0, 0.05) is 42.4 Å². The molecule has 8 rings (SSSR count). The summed E-state index contributed by atoms with van der Waals surface area (Å²) in [5.74, 6) is 0.714. The van der Waals surface area contributed by atoms with Gasteiger partial charge in [-0.05, 0) is 24.3 Å². The molecule has 0 unspecified atom stereocenters. The van der Waals surface area contributed by atoms with E-state index < -0.39 is 0 Å². The van der Waals surface area contributed by atoms with Gasteiger partial charge in [-0.3, -0.25) is 4.98 Å². The summed E-state index contributed by atoms with van der Waals surface area (Å²) in [7, 11) is 0. The second-order valence-corrected chi connectivity index (χ2v) is 11.0. The largest absolute Gasteiger partial charge is 0.252 e. The van der Waals surface area contributed by atoms with Crippen LogP contribution in [0, 0.1) is 0 Å². The highest BCUT2D eigenvalue weighted by atomic mass is 32.1. The van der Waals surface area contributed by atoms with Gasteiger partial charge in [0.1, 0.15) is 0 Å². The lowest BCUT2D eigenvalue weighted by Gasteiger charge is -2.10. The van der Waals surface area contributed by atoms with E-state index in [-0.39, 0.29) is 0 Å². The first-order valence-electron chi connectivity index (χ1n) is 13.5. The predicted molar refractivity (Wildman–Crippen MR) is 170 cm³/mol. The third-order valence-corrected chi connectivity index (χ3v) is 8.55. The number of hydrogen-bond acceptors (Lipinski definition) is 5. The topological polar surface area (TPSA) is 51.6 Å². The minimum Gasteiger partial charge on any atom is -0.252 e. The van der Waals surface area contributed by atoms with Crippen molar-refractivity contribution in [2.24, 2.45) is 0 Å². The molecule has 0 radical (unpaired) electrons. The lowest BCUT2D eigenvalue weighted by molar-refractivity contribution is 1.19. The van der Waals surface area contributed by atoms with Crippen LogP contribution in [0.25, 0.3) is 76.4 Å². The van der Waals surface area contributed by atoms with E-state index in [0.717, 1.165) is 50.4 Å². The summed E-state index contributed by atoms with van der Waals surface area (Å²) in [5, 5.41) is 2.38. The second-order valence-electron chi connectivity index (χ2n) is 9.90. The van der Waals surface area contributed by atoms with Crippen LogP contribution in [-0.4, -0.2) is 19.9 Å². The van der Waals surface area contributed by atoms with Crippen molar-refractivity contribution in [1.82, 2.24) is 19.9 Å². The molecule has 0 aliphatic rings. The van der Waals surface area contributed by atoms with E-state index in [1.165, 1.54) is 20.2 Å². The van der Waals surface area contributed by atoms with Gasteiger partial charge in [-0.2, -0.15) is 0 Å². The fraction of sp³-hybridized carbons (Fsp3) is 0. The second kappa shape index (κ2) is 9.73. The van der Waals surface area contributed by atoms with Gasteiger partial charge < -0.3 is 0 Å². The van der Waals surface area contributed by atoms with Crippen molar-refractivity contribution >= 4 is 42.5 Å². The van der Waals surface area contributed by atoms with Crippen molar-refractivity contribution in [1.29, 1.82) is 0 Å². The van der Waals surface area contributed by atoms with Crippen LogP contribution in [-0.2, 0) is 0 Å². The van der Waals surface area contributed by atoms with Crippen LogP contribution < -0.4 is 0 Å². The van der Waals surface area contributed by atoms with Gasteiger partial charge in [-0.15, -0.1) is 11.3 Å². The van der Waals surface area contributed by atoms with Gasteiger partial charge in [0.25, 0.3) is 0 Å². The van der Waals surface area contributed by atoms with E-state index in [9.17, 15) is 0 Å². The molecular formula is C36H22N4S. The monoisotopic (exact) mass is 542 g/mol. The van der Waals surface area contributed by atoms with Crippen LogP contribution in [0.15, 0.2) is 134 Å². The molecule has 0 fully saturated rings. The first-order valence-corrected chi connectivity index (χ1v) is 14.3. The van der Waals surface area contributed by atoms with Gasteiger partial charge in [0.15, 0.2) is 5.82 Å². The zero-order chi connectivity index (χ0) is 27.2. The Morgan fingerprint density at radius 3 is 2.00 bits per heavy atom. The third kappa shape index (κ3) is 4.15. The molecule has 0 spiro atoms. The Morgan fingerprint density at radius 1 is 0.488 bits per heavy atom. The molecule has 41 heavy (non-hydrogen) atoms. The van der Waals surface area contributed by atoms with E-state index in [4.69, 9.17) is 15.0 Å². The Kier molecular flexibility index (Phi) is 5.61. The highest BCUT2D eigenvalue weighted by Gasteiger charge is 2.18. The van der Waals surface area contributed by atoms with Crippen LogP contribution in [0.5, 0.6) is 0 Å². The van der Waals surface area contributed by atoms with Gasteiger partial charge in [0.05, 0.1) is 34.3 Å². The SMILES string of the molecule is c1ccc(-c2cc(-c3cccc4sc5c(-c6cnc7ccccc7n6)cccc5c34)nc(-c3ccccc3)n2)cc1. The van der Waals surface area contributed by atoms with Gasteiger partial charge >= 0.3 is 0 Å². The number of benzene rings is 5. The molecule has 192 valence electrons. The van der Waals surface area contributed by atoms with Crippen LogP contribution in [0.1, 0.15) is 0 Å². The van der Waals surface area contributed by atoms with E-state index in [1.54, 1.807) is 11.3 Å². The fourth-order valence-corrected chi connectivity index (χ4v) is 6.66. The molecular weight excluding hydrogens is 520 g/mol. The maximum absolute atomic E-state index is 5.12. The molecule has 4 nitrogen and oxygen atoms in total. The minimum atomic E-state index is 0.714. The van der Waals surface area contributed by atoms with Crippen LogP contribution in [0.2, 0.25) is 0 Å². The number of para-hydroxylation sites is 2. The highest BCUT2D eigenvalue weighted by Crippen LogP contribution is 2.43. The number of nitrogens with zero attached hydrogens (tertiary/aromatic N) is 4. The van der Waals surface area contributed by atoms with E-state index in [0.29, 0.717) is 5.82 Å². The first kappa shape index (κ1) is 23.6. The number of rotatable bonds is 4. The minimum absolute atomic E-state index is 0.714. The molecule has 8 aromatic rings. The summed E-state index contributed by atoms with van der Waals surface area (Å²) in [6.45, 7) is 0. The van der Waals surface area contributed by atoms with Gasteiger partial charge in [-0.25, -0.2) is 15.0 Å². The smallest absolute Gasteiger partial charge is 0.160 e. The van der Waals surface area contributed by atoms with E-state index in [2.05, 4.69) is 71.7 Å². The van der Waals surface area contributed by atoms with Crippen LogP contribution >= 0.6 is 11.3 Å². The highest BCUT2D eigenvalue weighted by molar-refractivity contribution is 7.26. The normalized spacial score (nSPS) is 11.4.